The summed E-state index contributed by atoms with van der Waals surface area (Å²) in [5, 5.41) is 13.1. The predicted molar refractivity (Wildman–Crippen MR) is 118 cm³/mol. The van der Waals surface area contributed by atoms with Crippen molar-refractivity contribution in [3.05, 3.63) is 48.1 Å². The van der Waals surface area contributed by atoms with E-state index in [1.54, 1.807) is 17.0 Å². The van der Waals surface area contributed by atoms with Gasteiger partial charge in [0.1, 0.15) is 16.3 Å². The number of ether oxygens (including phenoxy) is 1. The van der Waals surface area contributed by atoms with Crippen molar-refractivity contribution in [2.75, 3.05) is 13.1 Å². The number of nitrogens with one attached hydrogen (secondary N) is 1. The molecule has 3 heterocycles. The van der Waals surface area contributed by atoms with Crippen LogP contribution in [-0.4, -0.2) is 55.5 Å². The molecule has 0 radical (unpaired) electrons. The van der Waals surface area contributed by atoms with Crippen molar-refractivity contribution < 1.29 is 23.1 Å². The minimum absolute atomic E-state index is 0.124. The molecule has 176 valence electrons. The molecule has 1 fully saturated rings. The van der Waals surface area contributed by atoms with E-state index in [1.165, 1.54) is 6.07 Å². The number of fused-ring (bicyclic) bond motifs is 1. The zero-order valence-electron chi connectivity index (χ0n) is 19.2. The van der Waals surface area contributed by atoms with Crippen molar-refractivity contribution in [2.24, 2.45) is 0 Å². The summed E-state index contributed by atoms with van der Waals surface area (Å²) in [5.74, 6) is 0.323. The molecule has 1 N–H and O–H groups in total. The van der Waals surface area contributed by atoms with Gasteiger partial charge in [0.2, 0.25) is 10.4 Å². The van der Waals surface area contributed by atoms with Crippen molar-refractivity contribution in [3.8, 4) is 16.8 Å². The summed E-state index contributed by atoms with van der Waals surface area (Å²) >= 11 is 0. The highest BCUT2D eigenvalue weighted by molar-refractivity contribution is 5.80. The molecule has 0 bridgehead atoms. The van der Waals surface area contributed by atoms with Crippen molar-refractivity contribution in [2.45, 2.75) is 45.1 Å². The number of halogens is 1. The number of nitrogens with zero attached hydrogens (tertiary/aromatic N) is 6. The molecule has 1 saturated heterocycles. The van der Waals surface area contributed by atoms with E-state index in [9.17, 15) is 9.18 Å². The van der Waals surface area contributed by atoms with E-state index < -0.39 is 11.4 Å². The van der Waals surface area contributed by atoms with E-state index >= 15 is 0 Å². The van der Waals surface area contributed by atoms with E-state index in [2.05, 4.69) is 20.9 Å². The highest BCUT2D eigenvalue weighted by atomic mass is 19.1. The largest absolute Gasteiger partial charge is 0.444 e. The average molecular weight is 466 g/mol. The molecule has 2 aromatic heterocycles. The normalized spacial score (nSPS) is 15.1. The zero-order chi connectivity index (χ0) is 23.9. The second kappa shape index (κ2) is 8.47. The maximum Gasteiger partial charge on any atom is 0.410 e. The molecule has 1 aliphatic heterocycles. The van der Waals surface area contributed by atoms with Crippen LogP contribution < -0.4 is 4.80 Å². The number of carbonyl (C=O) groups is 1. The number of hydrogen-bond acceptors (Lipinski definition) is 7. The fraction of sp³-hybridized carbons (Fsp3) is 0.391. The monoisotopic (exact) mass is 466 g/mol. The first-order chi connectivity index (χ1) is 16.3. The Bertz CT molecular complexity index is 1320. The first kappa shape index (κ1) is 21.9. The van der Waals surface area contributed by atoms with Gasteiger partial charge in [-0.05, 0) is 79.0 Å². The lowest BCUT2D eigenvalue weighted by molar-refractivity contribution is -0.721. The van der Waals surface area contributed by atoms with Gasteiger partial charge in [-0.3, -0.25) is 0 Å². The van der Waals surface area contributed by atoms with E-state index in [4.69, 9.17) is 14.1 Å². The van der Waals surface area contributed by atoms with Gasteiger partial charge < -0.3 is 14.1 Å². The van der Waals surface area contributed by atoms with Crippen LogP contribution in [0, 0.1) is 5.82 Å². The highest BCUT2D eigenvalue weighted by Crippen LogP contribution is 2.32. The summed E-state index contributed by atoms with van der Waals surface area (Å²) in [6.07, 6.45) is 1.21. The van der Waals surface area contributed by atoms with Crippen LogP contribution in [0.5, 0.6) is 0 Å². The van der Waals surface area contributed by atoms with Gasteiger partial charge in [-0.15, -0.1) is 0 Å². The number of aromatic amines is 1. The molecular weight excluding hydrogens is 441 g/mol. The predicted octanol–water partition coefficient (Wildman–Crippen LogP) is 3.54. The number of likely N-dealkylation sites (tertiary alicyclic amines) is 1. The Balaban J connectivity index is 1.31. The van der Waals surface area contributed by atoms with Gasteiger partial charge in [0.25, 0.3) is 0 Å². The van der Waals surface area contributed by atoms with Crippen molar-refractivity contribution in [1.82, 2.24) is 30.7 Å². The molecule has 4 aromatic rings. The summed E-state index contributed by atoms with van der Waals surface area (Å²) in [5.41, 5.74) is 2.61. The second-order valence-corrected chi connectivity index (χ2v) is 9.33. The summed E-state index contributed by atoms with van der Waals surface area (Å²) < 4.78 is 26.1. The zero-order valence-corrected chi connectivity index (χ0v) is 19.2. The van der Waals surface area contributed by atoms with Crippen LogP contribution in [-0.2, 0) is 4.74 Å². The molecule has 2 aromatic carbocycles. The third-order valence-corrected chi connectivity index (χ3v) is 5.72. The topological polar surface area (TPSA) is 114 Å². The molecule has 5 rings (SSSR count). The first-order valence-electron chi connectivity index (χ1n) is 11.1. The Morgan fingerprint density at radius 3 is 2.59 bits per heavy atom. The quantitative estimate of drug-likeness (QED) is 0.459. The summed E-state index contributed by atoms with van der Waals surface area (Å²) in [7, 11) is 0. The van der Waals surface area contributed by atoms with E-state index in [0.717, 1.165) is 23.2 Å². The number of H-pyrrole nitrogens is 1. The first-order valence-corrected chi connectivity index (χ1v) is 11.1. The van der Waals surface area contributed by atoms with E-state index in [0.29, 0.717) is 35.6 Å². The molecule has 0 saturated carbocycles. The molecule has 0 unspecified atom stereocenters. The molecule has 34 heavy (non-hydrogen) atoms. The number of amides is 1. The lowest BCUT2D eigenvalue weighted by Gasteiger charge is -2.32. The molecule has 1 amide bonds. The molecule has 1 aliphatic rings. The van der Waals surface area contributed by atoms with Gasteiger partial charge in [-0.2, -0.15) is 0 Å². The van der Waals surface area contributed by atoms with Gasteiger partial charge in [-0.1, -0.05) is 12.1 Å². The Morgan fingerprint density at radius 2 is 1.91 bits per heavy atom. The molecule has 10 nitrogen and oxygen atoms in total. The molecule has 0 atom stereocenters. The second-order valence-electron chi connectivity index (χ2n) is 9.33. The van der Waals surface area contributed by atoms with E-state index in [-0.39, 0.29) is 17.7 Å². The number of rotatable bonds is 3. The van der Waals surface area contributed by atoms with Crippen LogP contribution >= 0.6 is 0 Å². The summed E-state index contributed by atoms with van der Waals surface area (Å²) in [4.78, 5) is 19.9. The van der Waals surface area contributed by atoms with Gasteiger partial charge >= 0.3 is 6.09 Å². The lowest BCUT2D eigenvalue weighted by Crippen LogP contribution is -2.41. The van der Waals surface area contributed by atoms with Crippen LogP contribution in [0.15, 0.2) is 40.8 Å². The maximum atomic E-state index is 14.6. The fourth-order valence-electron chi connectivity index (χ4n) is 4.04. The average Bonchev–Trinajstić information content (AvgIpc) is 3.47. The number of hydrogen-bond donors (Lipinski definition) is 1. The lowest BCUT2D eigenvalue weighted by atomic mass is 9.97. The van der Waals surface area contributed by atoms with Crippen LogP contribution in [0.2, 0.25) is 0 Å². The fourth-order valence-corrected chi connectivity index (χ4v) is 4.04. The Hall–Kier alpha value is -3.89. The van der Waals surface area contributed by atoms with Crippen molar-refractivity contribution in [3.63, 3.8) is 0 Å². The number of benzene rings is 2. The number of aromatic nitrogens is 6. The minimum atomic E-state index is -0.513. The van der Waals surface area contributed by atoms with Gasteiger partial charge in [0.05, 0.1) is 0 Å². The number of oxazole rings is 1. The highest BCUT2D eigenvalue weighted by Gasteiger charge is 2.29. The number of carbonyl (C=O) groups excluding carboxylic acids is 1. The van der Waals surface area contributed by atoms with Crippen molar-refractivity contribution >= 4 is 17.2 Å². The van der Waals surface area contributed by atoms with Gasteiger partial charge in [0.15, 0.2) is 23.0 Å². The standard InChI is InChI=1S/C23H24FN7O3/c1-23(2,3)34-22(32)30-10-8-14(9-11-30)21-25-18-13-16(5-7-20(18)33-21)15-4-6-19(17(24)12-15)31-28-26-27-29-31/h4-7,12-14H,8-11H2,1-3H3/p+1. The van der Waals surface area contributed by atoms with Crippen LogP contribution in [0.25, 0.3) is 27.9 Å². The molecular formula is C23H25FN7O3+. The van der Waals surface area contributed by atoms with Crippen LogP contribution in [0.4, 0.5) is 9.18 Å². The molecule has 11 heteroatoms. The van der Waals surface area contributed by atoms with Crippen LogP contribution in [0.1, 0.15) is 45.4 Å². The van der Waals surface area contributed by atoms with Crippen LogP contribution in [0.3, 0.4) is 0 Å². The van der Waals surface area contributed by atoms with Gasteiger partial charge in [-0.25, -0.2) is 14.2 Å². The Labute approximate surface area is 194 Å². The number of piperidine rings is 1. The third-order valence-electron chi connectivity index (χ3n) is 5.72. The van der Waals surface area contributed by atoms with Gasteiger partial charge in [0, 0.05) is 19.0 Å². The van der Waals surface area contributed by atoms with E-state index in [1.807, 2.05) is 39.0 Å². The summed E-state index contributed by atoms with van der Waals surface area (Å²) in [6.45, 7) is 6.77. The smallest absolute Gasteiger partial charge is 0.410 e. The SMILES string of the molecule is CC(C)(C)OC(=O)N1CCC(c2nc3cc(-c4ccc(-[n+]5nnn[nH]5)c(F)c4)ccc3o2)CC1. The molecule has 0 spiro atoms. The minimum Gasteiger partial charge on any atom is -0.444 e. The molecule has 0 aliphatic carbocycles. The Kier molecular flexibility index (Phi) is 5.46. The third kappa shape index (κ3) is 4.45. The van der Waals surface area contributed by atoms with Crippen molar-refractivity contribution in [1.29, 1.82) is 0 Å². The maximum absolute atomic E-state index is 14.6. The Morgan fingerprint density at radius 1 is 1.18 bits per heavy atom. The summed E-state index contributed by atoms with van der Waals surface area (Å²) in [6, 6.07) is 10.4.